The van der Waals surface area contributed by atoms with Crippen LogP contribution in [0.1, 0.15) is 54.0 Å². The number of furan rings is 1. The number of rotatable bonds is 6. The first-order chi connectivity index (χ1) is 14.6. The minimum Gasteiger partial charge on any atom is -0.455 e. The summed E-state index contributed by atoms with van der Waals surface area (Å²) in [6, 6.07) is 11.6. The molecule has 1 aromatic carbocycles. The van der Waals surface area contributed by atoms with Gasteiger partial charge in [0.25, 0.3) is 5.91 Å². The first-order valence-electron chi connectivity index (χ1n) is 10.8. The molecule has 5 nitrogen and oxygen atoms in total. The molecule has 162 valence electrons. The van der Waals surface area contributed by atoms with E-state index in [1.807, 2.05) is 23.1 Å². The van der Waals surface area contributed by atoms with Gasteiger partial charge in [-0.3, -0.25) is 13.9 Å². The largest absolute Gasteiger partial charge is 0.455 e. The summed E-state index contributed by atoms with van der Waals surface area (Å²) >= 11 is 5.99. The van der Waals surface area contributed by atoms with Crippen molar-refractivity contribution in [2.24, 2.45) is 0 Å². The van der Waals surface area contributed by atoms with Gasteiger partial charge in [0.05, 0.1) is 5.75 Å². The molecule has 1 atom stereocenters. The topological polar surface area (TPSA) is 53.8 Å². The van der Waals surface area contributed by atoms with Gasteiger partial charge in [-0.25, -0.2) is 0 Å². The summed E-state index contributed by atoms with van der Waals surface area (Å²) in [5, 5.41) is 0.638. The maximum Gasteiger partial charge on any atom is 0.289 e. The van der Waals surface area contributed by atoms with Crippen LogP contribution < -0.4 is 0 Å². The Morgan fingerprint density at radius 1 is 1.03 bits per heavy atom. The van der Waals surface area contributed by atoms with Gasteiger partial charge in [-0.2, -0.15) is 0 Å². The van der Waals surface area contributed by atoms with E-state index in [0.29, 0.717) is 28.3 Å². The molecule has 0 radical (unpaired) electrons. The number of hydrogen-bond acceptors (Lipinski definition) is 4. The second-order valence-corrected chi connectivity index (χ2v) is 10.1. The highest BCUT2D eigenvalue weighted by Crippen LogP contribution is 2.24. The van der Waals surface area contributed by atoms with Crippen LogP contribution in [0.15, 0.2) is 40.8 Å². The molecule has 0 N–H and O–H groups in total. The Morgan fingerprint density at radius 3 is 2.53 bits per heavy atom. The summed E-state index contributed by atoms with van der Waals surface area (Å²) in [6.07, 6.45) is 6.61. The molecule has 1 aliphatic heterocycles. The van der Waals surface area contributed by atoms with E-state index in [-0.39, 0.29) is 11.7 Å². The van der Waals surface area contributed by atoms with Gasteiger partial charge < -0.3 is 9.32 Å². The molecule has 30 heavy (non-hydrogen) atoms. The van der Waals surface area contributed by atoms with Gasteiger partial charge in [-0.05, 0) is 42.7 Å². The number of halogens is 1. The van der Waals surface area contributed by atoms with Crippen LogP contribution in [0.2, 0.25) is 5.02 Å². The van der Waals surface area contributed by atoms with Gasteiger partial charge >= 0.3 is 0 Å². The van der Waals surface area contributed by atoms with E-state index < -0.39 is 10.8 Å². The second kappa shape index (κ2) is 10.1. The summed E-state index contributed by atoms with van der Waals surface area (Å²) in [4.78, 5) is 17.3. The summed E-state index contributed by atoms with van der Waals surface area (Å²) in [6.45, 7) is 3.36. The maximum absolute atomic E-state index is 12.8. The van der Waals surface area contributed by atoms with Gasteiger partial charge in [0, 0.05) is 53.8 Å². The molecule has 4 rings (SSSR count). The van der Waals surface area contributed by atoms with E-state index in [0.717, 1.165) is 31.7 Å². The zero-order valence-corrected chi connectivity index (χ0v) is 18.8. The molecule has 2 aromatic rings. The van der Waals surface area contributed by atoms with Crippen LogP contribution in [0.5, 0.6) is 0 Å². The van der Waals surface area contributed by atoms with Crippen molar-refractivity contribution in [1.29, 1.82) is 0 Å². The maximum atomic E-state index is 12.8. The van der Waals surface area contributed by atoms with Crippen molar-refractivity contribution in [3.05, 3.63) is 58.5 Å². The Labute approximate surface area is 185 Å². The molecule has 0 spiro atoms. The SMILES string of the molecule is O=C(c1ccc(C[S@@](=O)Cc2cccc(Cl)c2)o1)N1CCN(C2CCCCC2)CC1. The summed E-state index contributed by atoms with van der Waals surface area (Å²) in [7, 11) is -1.13. The van der Waals surface area contributed by atoms with Gasteiger partial charge in [0.15, 0.2) is 5.76 Å². The van der Waals surface area contributed by atoms with Gasteiger partial charge in [0.2, 0.25) is 0 Å². The molecule has 7 heteroatoms. The van der Waals surface area contributed by atoms with Crippen LogP contribution in [0.25, 0.3) is 0 Å². The highest BCUT2D eigenvalue weighted by molar-refractivity contribution is 7.83. The van der Waals surface area contributed by atoms with E-state index in [9.17, 15) is 9.00 Å². The lowest BCUT2D eigenvalue weighted by molar-refractivity contribution is 0.0496. The molecule has 2 fully saturated rings. The van der Waals surface area contributed by atoms with Crippen molar-refractivity contribution in [3.63, 3.8) is 0 Å². The van der Waals surface area contributed by atoms with E-state index in [1.54, 1.807) is 18.2 Å². The number of carbonyl (C=O) groups is 1. The number of piperazine rings is 1. The predicted octanol–water partition coefficient (Wildman–Crippen LogP) is 4.47. The van der Waals surface area contributed by atoms with Crippen LogP contribution in [0, 0.1) is 0 Å². The molecule has 1 saturated carbocycles. The van der Waals surface area contributed by atoms with Crippen molar-refractivity contribution < 1.29 is 13.4 Å². The third-order valence-corrected chi connectivity index (χ3v) is 7.58. The van der Waals surface area contributed by atoms with Crippen LogP contribution in [-0.2, 0) is 22.3 Å². The lowest BCUT2D eigenvalue weighted by atomic mass is 9.94. The first-order valence-corrected chi connectivity index (χ1v) is 12.7. The van der Waals surface area contributed by atoms with Crippen molar-refractivity contribution in [1.82, 2.24) is 9.80 Å². The molecule has 0 bridgehead atoms. The third kappa shape index (κ3) is 5.54. The van der Waals surface area contributed by atoms with Crippen molar-refractivity contribution in [3.8, 4) is 0 Å². The van der Waals surface area contributed by atoms with E-state index in [2.05, 4.69) is 4.90 Å². The number of nitrogens with zero attached hydrogens (tertiary/aromatic N) is 2. The van der Waals surface area contributed by atoms with Gasteiger partial charge in [-0.15, -0.1) is 0 Å². The third-order valence-electron chi connectivity index (χ3n) is 6.08. The Balaban J connectivity index is 1.28. The number of benzene rings is 1. The minimum atomic E-state index is -1.13. The number of amides is 1. The molecule has 1 aliphatic carbocycles. The van der Waals surface area contributed by atoms with Gasteiger partial charge in [-0.1, -0.05) is 43.0 Å². The fourth-order valence-corrected chi connectivity index (χ4v) is 5.82. The van der Waals surface area contributed by atoms with Gasteiger partial charge in [0.1, 0.15) is 5.76 Å². The lowest BCUT2D eigenvalue weighted by Crippen LogP contribution is -2.52. The molecular weight excluding hydrogens is 420 g/mol. The number of carbonyl (C=O) groups excluding carboxylic acids is 1. The standard InChI is InChI=1S/C23H29ClN2O3S/c24-19-6-4-5-18(15-19)16-30(28)17-21-9-10-22(29-21)23(27)26-13-11-25(12-14-26)20-7-2-1-3-8-20/h4-6,9-10,15,20H,1-3,7-8,11-14,16-17H2/t30-/m0/s1. The van der Waals surface area contributed by atoms with Crippen LogP contribution in [-0.4, -0.2) is 52.1 Å². The fraction of sp³-hybridized carbons (Fsp3) is 0.522. The Hall–Kier alpha value is -1.63. The minimum absolute atomic E-state index is 0.0647. The van der Waals surface area contributed by atoms with Crippen molar-refractivity contribution >= 4 is 28.3 Å². The van der Waals surface area contributed by atoms with Crippen molar-refractivity contribution in [2.75, 3.05) is 26.2 Å². The Bertz CT molecular complexity index is 886. The quantitative estimate of drug-likeness (QED) is 0.654. The Kier molecular flexibility index (Phi) is 7.28. The molecular formula is C23H29ClN2O3S. The second-order valence-electron chi connectivity index (χ2n) is 8.24. The predicted molar refractivity (Wildman–Crippen MR) is 120 cm³/mol. The lowest BCUT2D eigenvalue weighted by Gasteiger charge is -2.40. The highest BCUT2D eigenvalue weighted by atomic mass is 35.5. The highest BCUT2D eigenvalue weighted by Gasteiger charge is 2.28. The average Bonchev–Trinajstić information content (AvgIpc) is 3.22. The number of hydrogen-bond donors (Lipinski definition) is 0. The fourth-order valence-electron chi connectivity index (χ4n) is 4.48. The molecule has 2 aliphatic rings. The van der Waals surface area contributed by atoms with Crippen LogP contribution in [0.3, 0.4) is 0 Å². The van der Waals surface area contributed by atoms with E-state index >= 15 is 0 Å². The first kappa shape index (κ1) is 21.6. The molecule has 2 heterocycles. The summed E-state index contributed by atoms with van der Waals surface area (Å²) in [5.41, 5.74) is 0.930. The van der Waals surface area contributed by atoms with Crippen molar-refractivity contribution in [2.45, 2.75) is 49.7 Å². The Morgan fingerprint density at radius 2 is 1.80 bits per heavy atom. The average molecular weight is 449 g/mol. The molecule has 1 saturated heterocycles. The summed E-state index contributed by atoms with van der Waals surface area (Å²) < 4.78 is 18.2. The molecule has 0 unspecified atom stereocenters. The normalized spacial score (nSPS) is 19.7. The van der Waals surface area contributed by atoms with Crippen LogP contribution >= 0.6 is 11.6 Å². The smallest absolute Gasteiger partial charge is 0.289 e. The van der Waals surface area contributed by atoms with E-state index in [4.69, 9.17) is 16.0 Å². The summed E-state index contributed by atoms with van der Waals surface area (Å²) in [5.74, 6) is 1.56. The zero-order chi connectivity index (χ0) is 20.9. The molecule has 1 aromatic heterocycles. The molecule has 1 amide bonds. The van der Waals surface area contributed by atoms with Crippen LogP contribution in [0.4, 0.5) is 0 Å². The van der Waals surface area contributed by atoms with E-state index in [1.165, 1.54) is 32.1 Å². The monoisotopic (exact) mass is 448 g/mol. The zero-order valence-electron chi connectivity index (χ0n) is 17.2.